The Labute approximate surface area is 173 Å². The number of benzene rings is 2. The van der Waals surface area contributed by atoms with Crippen LogP contribution in [0.2, 0.25) is 5.02 Å². The fraction of sp³-hybridized carbons (Fsp3) is 0.286. The molecule has 5 nitrogen and oxygen atoms in total. The van der Waals surface area contributed by atoms with Crippen molar-refractivity contribution in [2.45, 2.75) is 32.9 Å². The van der Waals surface area contributed by atoms with Crippen molar-refractivity contribution in [3.8, 4) is 17.1 Å². The second-order valence-corrected chi connectivity index (χ2v) is 8.02. The number of hydrogen-bond acceptors (Lipinski definition) is 5. The first kappa shape index (κ1) is 20.4. The molecule has 0 aliphatic carbocycles. The predicted molar refractivity (Wildman–Crippen MR) is 114 cm³/mol. The number of thioether (sulfide) groups is 1. The quantitative estimate of drug-likeness (QED) is 0.434. The minimum absolute atomic E-state index is 0.0698. The van der Waals surface area contributed by atoms with Gasteiger partial charge in [-0.2, -0.15) is 0 Å². The Bertz CT molecular complexity index is 1050. The van der Waals surface area contributed by atoms with E-state index in [1.54, 1.807) is 25.3 Å². The fourth-order valence-corrected chi connectivity index (χ4v) is 3.86. The van der Waals surface area contributed by atoms with Gasteiger partial charge >= 0.3 is 0 Å². The molecule has 28 heavy (non-hydrogen) atoms. The van der Waals surface area contributed by atoms with Gasteiger partial charge in [-0.15, -0.1) is 5.10 Å². The minimum Gasteiger partial charge on any atom is -0.496 e. The zero-order valence-corrected chi connectivity index (χ0v) is 18.1. The van der Waals surface area contributed by atoms with Crippen LogP contribution in [0.5, 0.6) is 5.75 Å². The van der Waals surface area contributed by atoms with Gasteiger partial charge in [0.25, 0.3) is 0 Å². The molecule has 0 bridgehead atoms. The molecule has 3 rings (SSSR count). The van der Waals surface area contributed by atoms with Crippen molar-refractivity contribution in [1.82, 2.24) is 15.2 Å². The van der Waals surface area contributed by atoms with Crippen LogP contribution in [0, 0.1) is 27.7 Å². The largest absolute Gasteiger partial charge is 0.496 e. The molecule has 0 spiro atoms. The number of aromatic nitrogens is 3. The zero-order valence-electron chi connectivity index (χ0n) is 16.5. The van der Waals surface area contributed by atoms with Gasteiger partial charge in [0.05, 0.1) is 18.4 Å². The molecule has 1 heterocycles. The lowest BCUT2D eigenvalue weighted by Gasteiger charge is -2.13. The number of nitrogens with zero attached hydrogens (tertiary/aromatic N) is 2. The fourth-order valence-electron chi connectivity index (χ4n) is 3.01. The molecule has 1 aromatic heterocycles. The lowest BCUT2D eigenvalue weighted by atomic mass is 9.93. The molecule has 0 amide bonds. The second-order valence-electron chi connectivity index (χ2n) is 6.64. The average molecular weight is 416 g/mol. The summed E-state index contributed by atoms with van der Waals surface area (Å²) in [6.45, 7) is 8.17. The first-order valence-electron chi connectivity index (χ1n) is 8.81. The van der Waals surface area contributed by atoms with Gasteiger partial charge < -0.3 is 4.74 Å². The van der Waals surface area contributed by atoms with Crippen LogP contribution < -0.4 is 4.74 Å². The minimum atomic E-state index is 0.0698. The maximum Gasteiger partial charge on any atom is 0.209 e. The SMILES string of the molecule is COc1ccc(Cl)cc1-c1nc(SCC(=O)c2cc(C)c(C)c(C)c2C)n[nH]1. The van der Waals surface area contributed by atoms with Crippen LogP contribution in [-0.2, 0) is 0 Å². The van der Waals surface area contributed by atoms with E-state index in [1.165, 1.54) is 22.9 Å². The number of halogens is 1. The second kappa shape index (κ2) is 8.37. The van der Waals surface area contributed by atoms with E-state index in [0.717, 1.165) is 22.3 Å². The maximum absolute atomic E-state index is 12.8. The summed E-state index contributed by atoms with van der Waals surface area (Å²) in [5.41, 5.74) is 6.05. The highest BCUT2D eigenvalue weighted by Gasteiger charge is 2.16. The van der Waals surface area contributed by atoms with Crippen LogP contribution in [0.15, 0.2) is 29.4 Å². The van der Waals surface area contributed by atoms with Gasteiger partial charge in [-0.1, -0.05) is 23.4 Å². The summed E-state index contributed by atoms with van der Waals surface area (Å²) >= 11 is 7.39. The van der Waals surface area contributed by atoms with Crippen LogP contribution in [0.1, 0.15) is 32.6 Å². The highest BCUT2D eigenvalue weighted by molar-refractivity contribution is 7.99. The van der Waals surface area contributed by atoms with Crippen molar-refractivity contribution >= 4 is 29.1 Å². The number of aromatic amines is 1. The van der Waals surface area contributed by atoms with Crippen LogP contribution >= 0.6 is 23.4 Å². The number of H-pyrrole nitrogens is 1. The van der Waals surface area contributed by atoms with Gasteiger partial charge in [-0.25, -0.2) is 4.98 Å². The average Bonchev–Trinajstić information content (AvgIpc) is 3.16. The molecule has 0 unspecified atom stereocenters. The normalized spacial score (nSPS) is 10.9. The van der Waals surface area contributed by atoms with Gasteiger partial charge in [0.2, 0.25) is 5.16 Å². The Morgan fingerprint density at radius 1 is 1.14 bits per heavy atom. The Hall–Kier alpha value is -2.31. The number of carbonyl (C=O) groups excluding carboxylic acids is 1. The summed E-state index contributed by atoms with van der Waals surface area (Å²) in [7, 11) is 1.59. The maximum atomic E-state index is 12.8. The third kappa shape index (κ3) is 4.08. The Balaban J connectivity index is 1.77. The summed E-state index contributed by atoms with van der Waals surface area (Å²) in [6, 6.07) is 7.27. The van der Waals surface area contributed by atoms with Gasteiger partial charge in [0, 0.05) is 10.6 Å². The number of methoxy groups -OCH3 is 1. The lowest BCUT2D eigenvalue weighted by molar-refractivity contribution is 0.102. The molecule has 1 N–H and O–H groups in total. The van der Waals surface area contributed by atoms with E-state index in [0.29, 0.717) is 21.8 Å². The van der Waals surface area contributed by atoms with Crippen LogP contribution in [0.4, 0.5) is 0 Å². The molecule has 146 valence electrons. The molecule has 0 saturated carbocycles. The highest BCUT2D eigenvalue weighted by atomic mass is 35.5. The highest BCUT2D eigenvalue weighted by Crippen LogP contribution is 2.31. The predicted octanol–water partition coefficient (Wildman–Crippen LogP) is 5.34. The smallest absolute Gasteiger partial charge is 0.209 e. The van der Waals surface area contributed by atoms with Crippen LogP contribution in [0.3, 0.4) is 0 Å². The number of nitrogens with one attached hydrogen (secondary N) is 1. The third-order valence-electron chi connectivity index (χ3n) is 5.00. The van der Waals surface area contributed by atoms with Crippen molar-refractivity contribution in [3.05, 3.63) is 57.1 Å². The summed E-state index contributed by atoms with van der Waals surface area (Å²) in [4.78, 5) is 17.2. The van der Waals surface area contributed by atoms with Crippen molar-refractivity contribution in [2.24, 2.45) is 0 Å². The number of ketones is 1. The number of rotatable bonds is 6. The molecule has 3 aromatic rings. The summed E-state index contributed by atoms with van der Waals surface area (Å²) < 4.78 is 5.36. The number of carbonyl (C=O) groups is 1. The Morgan fingerprint density at radius 3 is 2.61 bits per heavy atom. The lowest BCUT2D eigenvalue weighted by Crippen LogP contribution is -2.08. The molecule has 0 radical (unpaired) electrons. The molecule has 0 fully saturated rings. The van der Waals surface area contributed by atoms with Crippen molar-refractivity contribution in [2.75, 3.05) is 12.9 Å². The zero-order chi connectivity index (χ0) is 20.4. The Kier molecular flexibility index (Phi) is 6.10. The number of ether oxygens (including phenoxy) is 1. The third-order valence-corrected chi connectivity index (χ3v) is 6.08. The summed E-state index contributed by atoms with van der Waals surface area (Å²) in [5.74, 6) is 1.54. The van der Waals surface area contributed by atoms with E-state index < -0.39 is 0 Å². The number of Topliss-reactive ketones (excluding diaryl/α,β-unsaturated/α-hetero) is 1. The number of aryl methyl sites for hydroxylation is 1. The standard InChI is InChI=1S/C21H22ClN3O2S/c1-11-8-16(14(4)13(3)12(11)2)18(26)10-28-21-23-20(24-25-21)17-9-15(22)6-7-19(17)27-5/h6-9H,10H2,1-5H3,(H,23,24,25). The van der Waals surface area contributed by atoms with E-state index in [4.69, 9.17) is 16.3 Å². The van der Waals surface area contributed by atoms with Crippen LogP contribution in [-0.4, -0.2) is 33.8 Å². The van der Waals surface area contributed by atoms with Gasteiger partial charge in [0.1, 0.15) is 5.75 Å². The van der Waals surface area contributed by atoms with E-state index in [1.807, 2.05) is 19.9 Å². The topological polar surface area (TPSA) is 67.9 Å². The molecular weight excluding hydrogens is 394 g/mol. The van der Waals surface area contributed by atoms with Crippen LogP contribution in [0.25, 0.3) is 11.4 Å². The van der Waals surface area contributed by atoms with E-state index in [9.17, 15) is 4.79 Å². The molecule has 7 heteroatoms. The van der Waals surface area contributed by atoms with Gasteiger partial charge in [-0.3, -0.25) is 9.89 Å². The molecule has 2 aromatic carbocycles. The molecule has 0 aliphatic heterocycles. The van der Waals surface area contributed by atoms with Crippen molar-refractivity contribution in [1.29, 1.82) is 0 Å². The van der Waals surface area contributed by atoms with E-state index in [-0.39, 0.29) is 11.5 Å². The molecular formula is C21H22ClN3O2S. The Morgan fingerprint density at radius 2 is 1.89 bits per heavy atom. The summed E-state index contributed by atoms with van der Waals surface area (Å²) in [6.07, 6.45) is 0. The first-order valence-corrected chi connectivity index (χ1v) is 10.2. The van der Waals surface area contributed by atoms with Crippen molar-refractivity contribution in [3.63, 3.8) is 0 Å². The van der Waals surface area contributed by atoms with E-state index in [2.05, 4.69) is 29.0 Å². The van der Waals surface area contributed by atoms with Crippen molar-refractivity contribution < 1.29 is 9.53 Å². The van der Waals surface area contributed by atoms with E-state index >= 15 is 0 Å². The number of hydrogen-bond donors (Lipinski definition) is 1. The summed E-state index contributed by atoms with van der Waals surface area (Å²) in [5, 5.41) is 8.19. The van der Waals surface area contributed by atoms with Gasteiger partial charge in [0.15, 0.2) is 11.6 Å². The molecule has 0 saturated heterocycles. The molecule has 0 atom stereocenters. The first-order chi connectivity index (χ1) is 13.3. The molecule has 0 aliphatic rings. The van der Waals surface area contributed by atoms with Gasteiger partial charge in [-0.05, 0) is 74.2 Å². The monoisotopic (exact) mass is 415 g/mol.